The Morgan fingerprint density at radius 1 is 1.50 bits per heavy atom. The van der Waals surface area contributed by atoms with E-state index in [4.69, 9.17) is 5.73 Å². The fourth-order valence-corrected chi connectivity index (χ4v) is 3.20. The van der Waals surface area contributed by atoms with E-state index in [2.05, 4.69) is 17.5 Å². The van der Waals surface area contributed by atoms with Gasteiger partial charge in [0.25, 0.3) is 0 Å². The summed E-state index contributed by atoms with van der Waals surface area (Å²) in [6.45, 7) is 2.41. The van der Waals surface area contributed by atoms with Gasteiger partial charge in [0.2, 0.25) is 0 Å². The average Bonchev–Trinajstić information content (AvgIpc) is 2.26. The smallest absolute Gasteiger partial charge is 0.332 e. The van der Waals surface area contributed by atoms with Crippen molar-refractivity contribution in [3.8, 4) is 0 Å². The Kier molecular flexibility index (Phi) is 3.17. The van der Waals surface area contributed by atoms with E-state index in [0.29, 0.717) is 5.41 Å². The highest BCUT2D eigenvalue weighted by molar-refractivity contribution is 5.86. The zero-order chi connectivity index (χ0) is 11.6. The summed E-state index contributed by atoms with van der Waals surface area (Å²) in [7, 11) is 0. The second-order valence-corrected chi connectivity index (χ2v) is 5.45. The molecule has 90 valence electrons. The molecule has 0 heterocycles. The number of amides is 2. The molecule has 0 saturated heterocycles. The predicted octanol–water partition coefficient (Wildman–Crippen LogP) is 2.39. The minimum atomic E-state index is -0.565. The lowest BCUT2D eigenvalue weighted by molar-refractivity contribution is 0.0992. The maximum atomic E-state index is 10.6. The van der Waals surface area contributed by atoms with Gasteiger partial charge < -0.3 is 5.73 Å². The van der Waals surface area contributed by atoms with E-state index in [0.717, 1.165) is 24.5 Å². The number of rotatable bonds is 1. The van der Waals surface area contributed by atoms with E-state index in [9.17, 15) is 4.79 Å². The van der Waals surface area contributed by atoms with Gasteiger partial charge in [-0.15, -0.1) is 0 Å². The molecular weight excluding hydrogens is 202 g/mol. The molecule has 4 nitrogen and oxygen atoms in total. The molecule has 0 spiro atoms. The number of carbonyl (C=O) groups excluding carboxylic acids is 1. The highest BCUT2D eigenvalue weighted by Crippen LogP contribution is 2.49. The van der Waals surface area contributed by atoms with Crippen molar-refractivity contribution in [1.29, 1.82) is 0 Å². The molecular formula is C12H21N3O. The Bertz CT molecular complexity index is 313. The number of hydrogen-bond acceptors (Lipinski definition) is 2. The standard InChI is InChI=1S/C12H21N3O/c1-12-6-3-2-4-9(12)8-10(5-7-12)14-15-11(13)16/h9H,2-8H2,1H3,(H3,13,15,16)/b14-10-/t9-,12-/m1/s1. The SMILES string of the molecule is C[C@]12CCCC[C@@H]1C/C(=N\NC(N)=O)CC2. The molecule has 0 aromatic heterocycles. The monoisotopic (exact) mass is 223 g/mol. The van der Waals surface area contributed by atoms with E-state index in [-0.39, 0.29) is 0 Å². The van der Waals surface area contributed by atoms with Crippen molar-refractivity contribution < 1.29 is 4.79 Å². The molecule has 0 aromatic rings. The number of carbonyl (C=O) groups is 1. The van der Waals surface area contributed by atoms with E-state index >= 15 is 0 Å². The van der Waals surface area contributed by atoms with Gasteiger partial charge >= 0.3 is 6.03 Å². The molecule has 2 amide bonds. The Morgan fingerprint density at radius 2 is 2.31 bits per heavy atom. The van der Waals surface area contributed by atoms with Crippen molar-refractivity contribution in [3.63, 3.8) is 0 Å². The van der Waals surface area contributed by atoms with Crippen LogP contribution in [0.1, 0.15) is 51.9 Å². The van der Waals surface area contributed by atoms with Crippen LogP contribution in [0.5, 0.6) is 0 Å². The van der Waals surface area contributed by atoms with E-state index in [1.165, 1.54) is 32.1 Å². The van der Waals surface area contributed by atoms with Crippen molar-refractivity contribution >= 4 is 11.7 Å². The molecule has 2 aliphatic rings. The second kappa shape index (κ2) is 4.44. The fourth-order valence-electron chi connectivity index (χ4n) is 3.20. The first kappa shape index (κ1) is 11.4. The van der Waals surface area contributed by atoms with Gasteiger partial charge in [0.05, 0.1) is 0 Å². The Labute approximate surface area is 96.7 Å². The molecule has 0 radical (unpaired) electrons. The number of fused-ring (bicyclic) bond motifs is 1. The van der Waals surface area contributed by atoms with E-state index in [1.54, 1.807) is 0 Å². The number of primary amides is 1. The maximum Gasteiger partial charge on any atom is 0.332 e. The number of nitrogens with one attached hydrogen (secondary N) is 1. The summed E-state index contributed by atoms with van der Waals surface area (Å²) in [5.41, 5.74) is 8.99. The van der Waals surface area contributed by atoms with Gasteiger partial charge in [-0.2, -0.15) is 5.10 Å². The number of nitrogens with two attached hydrogens (primary N) is 1. The molecule has 0 aromatic carbocycles. The Balaban J connectivity index is 1.99. The lowest BCUT2D eigenvalue weighted by Gasteiger charge is -2.45. The highest BCUT2D eigenvalue weighted by Gasteiger charge is 2.39. The van der Waals surface area contributed by atoms with Crippen molar-refractivity contribution in [2.24, 2.45) is 22.2 Å². The first-order valence-corrected chi connectivity index (χ1v) is 6.21. The van der Waals surface area contributed by atoms with Gasteiger partial charge in [-0.3, -0.25) is 0 Å². The lowest BCUT2D eigenvalue weighted by atomic mass is 9.60. The van der Waals surface area contributed by atoms with Crippen LogP contribution in [0.4, 0.5) is 4.79 Å². The fraction of sp³-hybridized carbons (Fsp3) is 0.833. The van der Waals surface area contributed by atoms with Crippen molar-refractivity contribution in [2.75, 3.05) is 0 Å². The summed E-state index contributed by atoms with van der Waals surface area (Å²) in [6.07, 6.45) is 8.64. The molecule has 0 aliphatic heterocycles. The van der Waals surface area contributed by atoms with Crippen LogP contribution in [-0.4, -0.2) is 11.7 Å². The maximum absolute atomic E-state index is 10.6. The first-order chi connectivity index (χ1) is 7.60. The van der Waals surface area contributed by atoms with Gasteiger partial charge in [-0.25, -0.2) is 10.2 Å². The zero-order valence-corrected chi connectivity index (χ0v) is 9.96. The van der Waals surface area contributed by atoms with Crippen molar-refractivity contribution in [3.05, 3.63) is 0 Å². The third kappa shape index (κ3) is 2.36. The molecule has 2 fully saturated rings. The Hall–Kier alpha value is -1.06. The van der Waals surface area contributed by atoms with E-state index < -0.39 is 6.03 Å². The van der Waals surface area contributed by atoms with Crippen LogP contribution in [0.15, 0.2) is 5.10 Å². The summed E-state index contributed by atoms with van der Waals surface area (Å²) >= 11 is 0. The molecule has 2 aliphatic carbocycles. The third-order valence-corrected chi connectivity index (χ3v) is 4.33. The number of urea groups is 1. The summed E-state index contributed by atoms with van der Waals surface area (Å²) in [5, 5.41) is 4.10. The van der Waals surface area contributed by atoms with Gasteiger partial charge in [-0.05, 0) is 43.4 Å². The molecule has 4 heteroatoms. The molecule has 2 rings (SSSR count). The molecule has 16 heavy (non-hydrogen) atoms. The molecule has 2 saturated carbocycles. The molecule has 0 bridgehead atoms. The van der Waals surface area contributed by atoms with E-state index in [1.807, 2.05) is 0 Å². The third-order valence-electron chi connectivity index (χ3n) is 4.33. The van der Waals surface area contributed by atoms with Gasteiger partial charge in [0, 0.05) is 5.71 Å². The van der Waals surface area contributed by atoms with Crippen LogP contribution in [-0.2, 0) is 0 Å². The normalized spacial score (nSPS) is 36.8. The van der Waals surface area contributed by atoms with Crippen LogP contribution in [0.2, 0.25) is 0 Å². The minimum Gasteiger partial charge on any atom is -0.350 e. The highest BCUT2D eigenvalue weighted by atomic mass is 16.2. The quantitative estimate of drug-likeness (QED) is 0.658. The summed E-state index contributed by atoms with van der Waals surface area (Å²) in [5.74, 6) is 0.753. The molecule has 0 unspecified atom stereocenters. The van der Waals surface area contributed by atoms with Gasteiger partial charge in [0.1, 0.15) is 0 Å². The second-order valence-electron chi connectivity index (χ2n) is 5.45. The Morgan fingerprint density at radius 3 is 3.06 bits per heavy atom. The van der Waals surface area contributed by atoms with Crippen molar-refractivity contribution in [2.45, 2.75) is 51.9 Å². The predicted molar refractivity (Wildman–Crippen MR) is 64.1 cm³/mol. The number of nitrogens with zero attached hydrogens (tertiary/aromatic N) is 1. The zero-order valence-electron chi connectivity index (χ0n) is 9.96. The number of hydrogen-bond donors (Lipinski definition) is 2. The van der Waals surface area contributed by atoms with Crippen molar-refractivity contribution in [1.82, 2.24) is 5.43 Å². The first-order valence-electron chi connectivity index (χ1n) is 6.21. The molecule has 3 N–H and O–H groups in total. The van der Waals surface area contributed by atoms with Crippen LogP contribution in [0.3, 0.4) is 0 Å². The van der Waals surface area contributed by atoms with Crippen LogP contribution in [0, 0.1) is 11.3 Å². The lowest BCUT2D eigenvalue weighted by Crippen LogP contribution is -2.38. The number of hydrazone groups is 1. The minimum absolute atomic E-state index is 0.518. The summed E-state index contributed by atoms with van der Waals surface area (Å²) in [6, 6.07) is -0.565. The summed E-state index contributed by atoms with van der Waals surface area (Å²) < 4.78 is 0. The van der Waals surface area contributed by atoms with Gasteiger partial charge in [0.15, 0.2) is 0 Å². The topological polar surface area (TPSA) is 67.5 Å². The van der Waals surface area contributed by atoms with Crippen LogP contribution >= 0.6 is 0 Å². The van der Waals surface area contributed by atoms with Crippen LogP contribution < -0.4 is 11.2 Å². The van der Waals surface area contributed by atoms with Crippen LogP contribution in [0.25, 0.3) is 0 Å². The largest absolute Gasteiger partial charge is 0.350 e. The average molecular weight is 223 g/mol. The van der Waals surface area contributed by atoms with Gasteiger partial charge in [-0.1, -0.05) is 19.8 Å². The summed E-state index contributed by atoms with van der Waals surface area (Å²) in [4.78, 5) is 10.6. The molecule has 2 atom stereocenters.